The highest BCUT2D eigenvalue weighted by molar-refractivity contribution is 7.45. The van der Waals surface area contributed by atoms with Crippen LogP contribution in [0.2, 0.25) is 0 Å². The maximum absolute atomic E-state index is 12.9. The average Bonchev–Trinajstić information content (AvgIpc) is 3.20. The van der Waals surface area contributed by atoms with Crippen LogP contribution in [0.4, 0.5) is 0 Å². The van der Waals surface area contributed by atoms with E-state index in [9.17, 15) is 19.4 Å². The topological polar surface area (TPSA) is 108 Å². The van der Waals surface area contributed by atoms with Crippen LogP contribution in [0.25, 0.3) is 0 Å². The van der Waals surface area contributed by atoms with E-state index in [1.165, 1.54) is 128 Å². The first-order valence-corrected chi connectivity index (χ1v) is 26.1. The minimum atomic E-state index is -4.60. The Morgan fingerprint density at radius 1 is 0.583 bits per heavy atom. The van der Waals surface area contributed by atoms with E-state index >= 15 is 0 Å². The molecule has 0 saturated carbocycles. The van der Waals surface area contributed by atoms with Gasteiger partial charge in [-0.25, -0.2) is 0 Å². The van der Waals surface area contributed by atoms with Crippen LogP contribution in [0.1, 0.15) is 206 Å². The summed E-state index contributed by atoms with van der Waals surface area (Å²) in [5, 5.41) is 13.8. The van der Waals surface area contributed by atoms with Gasteiger partial charge in [0.1, 0.15) is 13.2 Å². The Hall–Kier alpha value is -1.80. The molecule has 0 saturated heterocycles. The van der Waals surface area contributed by atoms with Crippen molar-refractivity contribution in [3.8, 4) is 0 Å². The lowest BCUT2D eigenvalue weighted by Gasteiger charge is -2.29. The molecule has 8 nitrogen and oxygen atoms in total. The highest BCUT2D eigenvalue weighted by Gasteiger charge is 2.23. The summed E-state index contributed by atoms with van der Waals surface area (Å²) in [4.78, 5) is 25.3. The second-order valence-electron chi connectivity index (χ2n) is 17.8. The molecule has 0 spiro atoms. The molecular weight excluding hydrogens is 768 g/mol. The van der Waals surface area contributed by atoms with Gasteiger partial charge in [0.25, 0.3) is 7.82 Å². The van der Waals surface area contributed by atoms with Gasteiger partial charge >= 0.3 is 0 Å². The number of aliphatic hydroxyl groups is 1. The maximum Gasteiger partial charge on any atom is 0.268 e. The third-order valence-corrected chi connectivity index (χ3v) is 11.6. The Morgan fingerprint density at radius 2 is 0.983 bits per heavy atom. The van der Waals surface area contributed by atoms with E-state index < -0.39 is 26.6 Å². The van der Waals surface area contributed by atoms with Crippen LogP contribution in [0.3, 0.4) is 0 Å². The molecule has 0 aromatic carbocycles. The van der Waals surface area contributed by atoms with Crippen molar-refractivity contribution in [1.29, 1.82) is 0 Å². The van der Waals surface area contributed by atoms with Gasteiger partial charge in [0, 0.05) is 6.42 Å². The number of aliphatic hydroxyl groups excluding tert-OH is 1. The van der Waals surface area contributed by atoms with Crippen LogP contribution in [0, 0.1) is 0 Å². The molecule has 0 aromatic heterocycles. The monoisotopic (exact) mass is 863 g/mol. The molecule has 0 radical (unpaired) electrons. The molecule has 0 aromatic rings. The first kappa shape index (κ1) is 58.2. The standard InChI is InChI=1S/C51H95N2O6P/c1-6-8-10-12-14-16-18-20-21-22-23-24-25-26-27-28-29-30-31-33-35-37-39-41-43-45-51(55)52-49(48-59-60(56,57)58-47-46-53(3,4)5)50(54)44-42-40-38-36-34-32-19-17-15-13-11-9-7-2/h15,17-18,20,22-23,34,36,42,44,49-50,54H,6-14,16,19,21,24-33,35,37-41,43,45-48H2,1-5H3,(H-,52,55,56,57)/b17-15+,20-18-,23-22-,36-34+,44-42+. The van der Waals surface area contributed by atoms with Crippen molar-refractivity contribution >= 4 is 13.7 Å². The lowest BCUT2D eigenvalue weighted by molar-refractivity contribution is -0.870. The van der Waals surface area contributed by atoms with Crippen LogP contribution >= 0.6 is 7.82 Å². The molecule has 0 heterocycles. The summed E-state index contributed by atoms with van der Waals surface area (Å²) in [7, 11) is 1.23. The number of nitrogens with zero attached hydrogens (tertiary/aromatic N) is 1. The van der Waals surface area contributed by atoms with Crippen molar-refractivity contribution in [2.45, 2.75) is 219 Å². The Labute approximate surface area is 371 Å². The highest BCUT2D eigenvalue weighted by atomic mass is 31.2. The summed E-state index contributed by atoms with van der Waals surface area (Å²) in [5.41, 5.74) is 0. The van der Waals surface area contributed by atoms with Gasteiger partial charge in [0.2, 0.25) is 5.91 Å². The highest BCUT2D eigenvalue weighted by Crippen LogP contribution is 2.38. The molecule has 0 aliphatic rings. The number of phosphoric ester groups is 1. The molecule has 0 fully saturated rings. The smallest absolute Gasteiger partial charge is 0.268 e. The zero-order chi connectivity index (χ0) is 44.3. The molecule has 2 N–H and O–H groups in total. The second kappa shape index (κ2) is 42.5. The molecule has 60 heavy (non-hydrogen) atoms. The SMILES string of the molecule is CCCCC/C=C/CC/C=C/CC/C=C/C(O)C(COP(=O)([O-])OCC[N+](C)(C)C)NC(=O)CCCCCCCCCCCCCCC/C=C\C/C=C\CCCCCCC. The van der Waals surface area contributed by atoms with Gasteiger partial charge in [-0.2, -0.15) is 0 Å². The van der Waals surface area contributed by atoms with E-state index in [0.717, 1.165) is 57.8 Å². The fourth-order valence-corrected chi connectivity index (χ4v) is 7.47. The first-order valence-electron chi connectivity index (χ1n) is 24.7. The molecule has 350 valence electrons. The Bertz CT molecular complexity index is 1160. The van der Waals surface area contributed by atoms with Gasteiger partial charge in [-0.3, -0.25) is 9.36 Å². The van der Waals surface area contributed by atoms with Crippen LogP contribution in [-0.4, -0.2) is 68.5 Å². The number of carbonyl (C=O) groups is 1. The normalized spacial score (nSPS) is 14.7. The van der Waals surface area contributed by atoms with Crippen molar-refractivity contribution < 1.29 is 32.9 Å². The van der Waals surface area contributed by atoms with Crippen LogP contribution in [-0.2, 0) is 18.4 Å². The summed E-state index contributed by atoms with van der Waals surface area (Å²) in [6, 6.07) is -0.910. The molecule has 0 bridgehead atoms. The van der Waals surface area contributed by atoms with Crippen LogP contribution < -0.4 is 10.2 Å². The Kier molecular flexibility index (Phi) is 41.2. The number of hydrogen-bond acceptors (Lipinski definition) is 6. The largest absolute Gasteiger partial charge is 0.756 e. The van der Waals surface area contributed by atoms with Gasteiger partial charge in [0.05, 0.1) is 39.9 Å². The molecular formula is C51H95N2O6P. The van der Waals surface area contributed by atoms with Crippen molar-refractivity contribution in [2.24, 2.45) is 0 Å². The lowest BCUT2D eigenvalue weighted by Crippen LogP contribution is -2.45. The number of rotatable bonds is 44. The van der Waals surface area contributed by atoms with Crippen LogP contribution in [0.15, 0.2) is 60.8 Å². The minimum Gasteiger partial charge on any atom is -0.756 e. The van der Waals surface area contributed by atoms with E-state index in [1.807, 2.05) is 27.2 Å². The Balaban J connectivity index is 4.27. The number of allylic oxidation sites excluding steroid dienone is 9. The zero-order valence-corrected chi connectivity index (χ0v) is 40.5. The number of phosphoric acid groups is 1. The molecule has 0 rings (SSSR count). The van der Waals surface area contributed by atoms with Crippen LogP contribution in [0.5, 0.6) is 0 Å². The van der Waals surface area contributed by atoms with E-state index in [4.69, 9.17) is 9.05 Å². The second-order valence-corrected chi connectivity index (χ2v) is 19.2. The predicted octanol–water partition coefficient (Wildman–Crippen LogP) is 13.6. The summed E-state index contributed by atoms with van der Waals surface area (Å²) >= 11 is 0. The van der Waals surface area contributed by atoms with Gasteiger partial charge < -0.3 is 28.8 Å². The average molecular weight is 863 g/mol. The summed E-state index contributed by atoms with van der Waals surface area (Å²) in [6.45, 7) is 4.57. The summed E-state index contributed by atoms with van der Waals surface area (Å²) in [5.74, 6) is -0.215. The summed E-state index contributed by atoms with van der Waals surface area (Å²) < 4.78 is 23.2. The number of hydrogen-bond donors (Lipinski definition) is 2. The van der Waals surface area contributed by atoms with E-state index in [1.54, 1.807) is 6.08 Å². The minimum absolute atomic E-state index is 0.0108. The molecule has 1 amide bonds. The van der Waals surface area contributed by atoms with Crippen molar-refractivity contribution in [3.05, 3.63) is 60.8 Å². The molecule has 3 unspecified atom stereocenters. The Morgan fingerprint density at radius 3 is 1.48 bits per heavy atom. The van der Waals surface area contributed by atoms with Gasteiger partial charge in [-0.1, -0.05) is 184 Å². The third kappa shape index (κ3) is 44.3. The number of quaternary nitrogens is 1. The molecule has 0 aliphatic heterocycles. The quantitative estimate of drug-likeness (QED) is 0.0273. The van der Waals surface area contributed by atoms with E-state index in [-0.39, 0.29) is 12.5 Å². The van der Waals surface area contributed by atoms with Gasteiger partial charge in [-0.05, 0) is 77.0 Å². The van der Waals surface area contributed by atoms with Crippen molar-refractivity contribution in [2.75, 3.05) is 40.9 Å². The molecule has 0 aliphatic carbocycles. The number of carbonyl (C=O) groups excluding carboxylic acids is 1. The molecule has 3 atom stereocenters. The lowest BCUT2D eigenvalue weighted by atomic mass is 10.0. The number of unbranched alkanes of at least 4 members (excludes halogenated alkanes) is 23. The van der Waals surface area contributed by atoms with Gasteiger partial charge in [-0.15, -0.1) is 0 Å². The summed E-state index contributed by atoms with van der Waals surface area (Å²) in [6.07, 6.45) is 55.7. The van der Waals surface area contributed by atoms with E-state index in [2.05, 4.69) is 67.8 Å². The van der Waals surface area contributed by atoms with E-state index in [0.29, 0.717) is 17.4 Å². The maximum atomic E-state index is 12.9. The molecule has 9 heteroatoms. The predicted molar refractivity (Wildman–Crippen MR) is 256 cm³/mol. The van der Waals surface area contributed by atoms with Crippen molar-refractivity contribution in [3.63, 3.8) is 0 Å². The van der Waals surface area contributed by atoms with Gasteiger partial charge in [0.15, 0.2) is 0 Å². The number of amides is 1. The number of nitrogens with one attached hydrogen (secondary N) is 1. The third-order valence-electron chi connectivity index (χ3n) is 10.7. The fourth-order valence-electron chi connectivity index (χ4n) is 6.74. The van der Waals surface area contributed by atoms with Crippen molar-refractivity contribution in [1.82, 2.24) is 5.32 Å². The number of likely N-dealkylation sites (N-methyl/N-ethyl adjacent to an activating group) is 1. The fraction of sp³-hybridized carbons (Fsp3) is 0.784. The zero-order valence-electron chi connectivity index (χ0n) is 39.6. The first-order chi connectivity index (χ1) is 29.0.